The summed E-state index contributed by atoms with van der Waals surface area (Å²) in [5.41, 5.74) is 7.43. The van der Waals surface area contributed by atoms with Gasteiger partial charge in [-0.15, -0.1) is 0 Å². The zero-order valence-corrected chi connectivity index (χ0v) is 11.2. The lowest BCUT2D eigenvalue weighted by Crippen LogP contribution is -2.24. The molecular formula is C16H18N2O2. The largest absolute Gasteiger partial charge is 0.506 e. The van der Waals surface area contributed by atoms with Crippen LogP contribution in [-0.4, -0.2) is 17.6 Å². The highest BCUT2D eigenvalue weighted by Crippen LogP contribution is 2.20. The van der Waals surface area contributed by atoms with E-state index in [0.717, 1.165) is 12.8 Å². The maximum atomic E-state index is 11.9. The van der Waals surface area contributed by atoms with E-state index in [1.54, 1.807) is 6.07 Å². The van der Waals surface area contributed by atoms with Gasteiger partial charge in [0.2, 0.25) is 0 Å². The number of hydrogen-bond acceptors (Lipinski definition) is 3. The Kier molecular flexibility index (Phi) is 4.60. The molecule has 0 aliphatic rings. The summed E-state index contributed by atoms with van der Waals surface area (Å²) in [5.74, 6) is -0.268. The van der Waals surface area contributed by atoms with Crippen LogP contribution in [0.4, 0.5) is 5.69 Å². The lowest BCUT2D eigenvalue weighted by Gasteiger charge is -2.06. The highest BCUT2D eigenvalue weighted by atomic mass is 16.3. The first-order valence-electron chi connectivity index (χ1n) is 6.57. The number of phenolic OH excluding ortho intramolecular Hbond substituents is 1. The lowest BCUT2D eigenvalue weighted by atomic mass is 10.1. The second kappa shape index (κ2) is 6.61. The molecule has 0 atom stereocenters. The number of nitrogen functional groups attached to an aromatic ring is 1. The van der Waals surface area contributed by atoms with Gasteiger partial charge in [0.25, 0.3) is 5.91 Å². The third-order valence-corrected chi connectivity index (χ3v) is 3.06. The van der Waals surface area contributed by atoms with Crippen molar-refractivity contribution in [2.45, 2.75) is 12.8 Å². The Morgan fingerprint density at radius 1 is 1.15 bits per heavy atom. The van der Waals surface area contributed by atoms with Gasteiger partial charge in [0, 0.05) is 12.1 Å². The van der Waals surface area contributed by atoms with E-state index in [-0.39, 0.29) is 17.3 Å². The number of rotatable bonds is 5. The fraction of sp³-hybridized carbons (Fsp3) is 0.188. The second-order valence-electron chi connectivity index (χ2n) is 4.62. The van der Waals surface area contributed by atoms with Crippen LogP contribution in [0.25, 0.3) is 0 Å². The van der Waals surface area contributed by atoms with Crippen LogP contribution >= 0.6 is 0 Å². The van der Waals surface area contributed by atoms with E-state index in [1.165, 1.54) is 17.7 Å². The Labute approximate surface area is 118 Å². The van der Waals surface area contributed by atoms with Gasteiger partial charge in [-0.2, -0.15) is 0 Å². The van der Waals surface area contributed by atoms with E-state index in [1.807, 2.05) is 18.2 Å². The van der Waals surface area contributed by atoms with Gasteiger partial charge in [0.05, 0.1) is 5.69 Å². The Balaban J connectivity index is 1.79. The van der Waals surface area contributed by atoms with Crippen LogP contribution in [0.3, 0.4) is 0 Å². The molecule has 1 amide bonds. The molecule has 0 fully saturated rings. The summed E-state index contributed by atoms with van der Waals surface area (Å²) >= 11 is 0. The van der Waals surface area contributed by atoms with Gasteiger partial charge in [-0.05, 0) is 36.6 Å². The molecule has 4 heteroatoms. The predicted molar refractivity (Wildman–Crippen MR) is 79.6 cm³/mol. The van der Waals surface area contributed by atoms with Crippen molar-refractivity contribution in [2.75, 3.05) is 12.3 Å². The zero-order chi connectivity index (χ0) is 14.4. The molecule has 0 bridgehead atoms. The average Bonchev–Trinajstić information content (AvgIpc) is 2.47. The maximum absolute atomic E-state index is 11.9. The topological polar surface area (TPSA) is 75.4 Å². The van der Waals surface area contributed by atoms with Crippen molar-refractivity contribution in [3.8, 4) is 5.75 Å². The maximum Gasteiger partial charge on any atom is 0.251 e. The van der Waals surface area contributed by atoms with Crippen LogP contribution < -0.4 is 11.1 Å². The first kappa shape index (κ1) is 13.9. The van der Waals surface area contributed by atoms with E-state index in [9.17, 15) is 9.90 Å². The van der Waals surface area contributed by atoms with Crippen molar-refractivity contribution in [1.82, 2.24) is 5.32 Å². The van der Waals surface area contributed by atoms with Crippen molar-refractivity contribution in [2.24, 2.45) is 0 Å². The fourth-order valence-electron chi connectivity index (χ4n) is 1.93. The molecule has 0 unspecified atom stereocenters. The highest BCUT2D eigenvalue weighted by Gasteiger charge is 2.07. The van der Waals surface area contributed by atoms with Crippen molar-refractivity contribution in [1.29, 1.82) is 0 Å². The monoisotopic (exact) mass is 270 g/mol. The molecule has 2 aromatic carbocycles. The second-order valence-corrected chi connectivity index (χ2v) is 4.62. The summed E-state index contributed by atoms with van der Waals surface area (Å²) in [7, 11) is 0. The van der Waals surface area contributed by atoms with E-state index in [0.29, 0.717) is 12.1 Å². The van der Waals surface area contributed by atoms with Gasteiger partial charge in [-0.1, -0.05) is 30.3 Å². The van der Waals surface area contributed by atoms with Crippen LogP contribution in [0.5, 0.6) is 5.75 Å². The van der Waals surface area contributed by atoms with Gasteiger partial charge >= 0.3 is 0 Å². The third-order valence-electron chi connectivity index (χ3n) is 3.06. The minimum atomic E-state index is -0.201. The molecule has 0 radical (unpaired) electrons. The van der Waals surface area contributed by atoms with Crippen molar-refractivity contribution in [3.05, 3.63) is 59.7 Å². The molecule has 0 saturated heterocycles. The standard InChI is InChI=1S/C16H18N2O2/c17-14-9-8-13(11-15(14)19)16(20)18-10-4-7-12-5-2-1-3-6-12/h1-3,5-6,8-9,11,19H,4,7,10,17H2,(H,18,20). The third kappa shape index (κ3) is 3.75. The molecule has 0 aliphatic carbocycles. The Morgan fingerprint density at radius 2 is 1.90 bits per heavy atom. The Morgan fingerprint density at radius 3 is 2.60 bits per heavy atom. The molecule has 0 spiro atoms. The van der Waals surface area contributed by atoms with Crippen molar-refractivity contribution < 1.29 is 9.90 Å². The zero-order valence-electron chi connectivity index (χ0n) is 11.2. The molecule has 0 saturated carbocycles. The summed E-state index contributed by atoms with van der Waals surface area (Å²) in [6.45, 7) is 0.596. The van der Waals surface area contributed by atoms with E-state index < -0.39 is 0 Å². The van der Waals surface area contributed by atoms with E-state index >= 15 is 0 Å². The number of aromatic hydroxyl groups is 1. The molecule has 2 aromatic rings. The van der Waals surface area contributed by atoms with Crippen LogP contribution in [0, 0.1) is 0 Å². The number of anilines is 1. The number of amides is 1. The molecular weight excluding hydrogens is 252 g/mol. The summed E-state index contributed by atoms with van der Waals surface area (Å²) in [6, 6.07) is 14.6. The van der Waals surface area contributed by atoms with Crippen molar-refractivity contribution >= 4 is 11.6 Å². The number of hydrogen-bond donors (Lipinski definition) is 3. The Hall–Kier alpha value is -2.49. The minimum Gasteiger partial charge on any atom is -0.506 e. The van der Waals surface area contributed by atoms with Crippen LogP contribution in [-0.2, 0) is 6.42 Å². The SMILES string of the molecule is Nc1ccc(C(=O)NCCCc2ccccc2)cc1O. The summed E-state index contributed by atoms with van der Waals surface area (Å²) in [5, 5.41) is 12.3. The first-order chi connectivity index (χ1) is 9.66. The molecule has 104 valence electrons. The van der Waals surface area contributed by atoms with Gasteiger partial charge < -0.3 is 16.2 Å². The molecule has 0 heterocycles. The number of aryl methyl sites for hydroxylation is 1. The van der Waals surface area contributed by atoms with Gasteiger partial charge in [0.15, 0.2) is 0 Å². The minimum absolute atomic E-state index is 0.0677. The number of carbonyl (C=O) groups is 1. The molecule has 4 nitrogen and oxygen atoms in total. The van der Waals surface area contributed by atoms with Crippen LogP contribution in [0.1, 0.15) is 22.3 Å². The Bertz CT molecular complexity index is 582. The average molecular weight is 270 g/mol. The molecule has 20 heavy (non-hydrogen) atoms. The predicted octanol–water partition coefficient (Wildman–Crippen LogP) is 2.34. The van der Waals surface area contributed by atoms with Crippen LogP contribution in [0.2, 0.25) is 0 Å². The number of benzene rings is 2. The quantitative estimate of drug-likeness (QED) is 0.443. The molecule has 0 aromatic heterocycles. The summed E-state index contributed by atoms with van der Waals surface area (Å²) in [6.07, 6.45) is 1.80. The van der Waals surface area contributed by atoms with E-state index in [4.69, 9.17) is 5.73 Å². The van der Waals surface area contributed by atoms with Gasteiger partial charge in [0.1, 0.15) is 5.75 Å². The number of carbonyl (C=O) groups excluding carboxylic acids is 1. The lowest BCUT2D eigenvalue weighted by molar-refractivity contribution is 0.0953. The van der Waals surface area contributed by atoms with Crippen LogP contribution in [0.15, 0.2) is 48.5 Å². The highest BCUT2D eigenvalue weighted by molar-refractivity contribution is 5.95. The molecule has 0 aliphatic heterocycles. The molecule has 4 N–H and O–H groups in total. The number of nitrogens with one attached hydrogen (secondary N) is 1. The fourth-order valence-corrected chi connectivity index (χ4v) is 1.93. The van der Waals surface area contributed by atoms with E-state index in [2.05, 4.69) is 17.4 Å². The van der Waals surface area contributed by atoms with Gasteiger partial charge in [-0.3, -0.25) is 4.79 Å². The number of phenols is 1. The summed E-state index contributed by atoms with van der Waals surface area (Å²) < 4.78 is 0. The smallest absolute Gasteiger partial charge is 0.251 e. The van der Waals surface area contributed by atoms with Gasteiger partial charge in [-0.25, -0.2) is 0 Å². The summed E-state index contributed by atoms with van der Waals surface area (Å²) in [4.78, 5) is 11.9. The van der Waals surface area contributed by atoms with Crippen molar-refractivity contribution in [3.63, 3.8) is 0 Å². The number of nitrogens with two attached hydrogens (primary N) is 1. The first-order valence-corrected chi connectivity index (χ1v) is 6.57. The normalized spacial score (nSPS) is 10.2. The molecule has 2 rings (SSSR count).